The number of nitrogens with one attached hydrogen (secondary N) is 1. The molecule has 0 spiro atoms. The monoisotopic (exact) mass is 503 g/mol. The normalized spacial score (nSPS) is 12.8. The van der Waals surface area contributed by atoms with Crippen LogP contribution in [0.25, 0.3) is 0 Å². The zero-order chi connectivity index (χ0) is 25.6. The first-order valence-corrected chi connectivity index (χ1v) is 13.5. The summed E-state index contributed by atoms with van der Waals surface area (Å²) in [6.07, 6.45) is -0.132. The third kappa shape index (κ3) is 5.70. The molecule has 1 N–H and O–H groups in total. The number of Topliss-reactive ketones (excluding diaryl/α,β-unsaturated/α-hetero) is 1. The third-order valence-electron chi connectivity index (χ3n) is 6.18. The van der Waals surface area contributed by atoms with Gasteiger partial charge < -0.3 is 0 Å². The highest BCUT2D eigenvalue weighted by molar-refractivity contribution is 7.76. The van der Waals surface area contributed by atoms with E-state index >= 15 is 8.78 Å². The van der Waals surface area contributed by atoms with Gasteiger partial charge in [0.05, 0.1) is 0 Å². The fourth-order valence-corrected chi connectivity index (χ4v) is 6.56. The summed E-state index contributed by atoms with van der Waals surface area (Å²) in [7, 11) is -3.75. The number of aryl methyl sites for hydroxylation is 2. The van der Waals surface area contributed by atoms with Crippen LogP contribution in [0.1, 0.15) is 29.2 Å². The van der Waals surface area contributed by atoms with Crippen LogP contribution in [0.2, 0.25) is 0 Å². The van der Waals surface area contributed by atoms with E-state index in [0.717, 1.165) is 11.1 Å². The summed E-state index contributed by atoms with van der Waals surface area (Å²) in [5.41, 5.74) is 1.90. The van der Waals surface area contributed by atoms with Gasteiger partial charge in [0.1, 0.15) is 6.04 Å². The standard InChI is InChI=1S/C30H28F2NO2P/c1-23-17-20-25(21-18-23)29(30(31,32)28(34)22-19-24-11-5-2-6-12-24)33-36(35,26-13-7-3-8-14-26)27-15-9-4-10-16-27/h2-18,20-21,29H,19,22H2,1H3,(H,33,35). The number of alkyl halides is 2. The summed E-state index contributed by atoms with van der Waals surface area (Å²) in [6, 6.07) is 30.9. The lowest BCUT2D eigenvalue weighted by Gasteiger charge is -2.32. The molecular weight excluding hydrogens is 475 g/mol. The number of hydrogen-bond acceptors (Lipinski definition) is 2. The van der Waals surface area contributed by atoms with Gasteiger partial charge in [0.2, 0.25) is 13.1 Å². The smallest absolute Gasteiger partial charge is 0.296 e. The molecule has 0 fully saturated rings. The van der Waals surface area contributed by atoms with Gasteiger partial charge in [-0.15, -0.1) is 0 Å². The van der Waals surface area contributed by atoms with E-state index < -0.39 is 25.0 Å². The summed E-state index contributed by atoms with van der Waals surface area (Å²) < 4.78 is 46.6. The molecule has 0 heterocycles. The molecule has 0 saturated heterocycles. The van der Waals surface area contributed by atoms with E-state index in [9.17, 15) is 9.36 Å². The van der Waals surface area contributed by atoms with Crippen molar-refractivity contribution in [3.05, 3.63) is 132 Å². The van der Waals surface area contributed by atoms with Crippen LogP contribution in [0.5, 0.6) is 0 Å². The molecule has 36 heavy (non-hydrogen) atoms. The number of rotatable bonds is 10. The fourth-order valence-electron chi connectivity index (χ4n) is 4.11. The third-order valence-corrected chi connectivity index (χ3v) is 8.85. The molecule has 0 aliphatic carbocycles. The van der Waals surface area contributed by atoms with Gasteiger partial charge in [-0.25, -0.2) is 5.09 Å². The molecule has 0 saturated carbocycles. The average Bonchev–Trinajstić information content (AvgIpc) is 2.92. The minimum Gasteiger partial charge on any atom is -0.296 e. The molecule has 1 unspecified atom stereocenters. The van der Waals surface area contributed by atoms with Gasteiger partial charge >= 0.3 is 5.92 Å². The summed E-state index contributed by atoms with van der Waals surface area (Å²) in [5, 5.41) is 3.58. The summed E-state index contributed by atoms with van der Waals surface area (Å²) >= 11 is 0. The zero-order valence-electron chi connectivity index (χ0n) is 20.0. The fraction of sp³-hybridized carbons (Fsp3) is 0.167. The SMILES string of the molecule is Cc1ccc(C(NP(=O)(c2ccccc2)c2ccccc2)C(F)(F)C(=O)CCc2ccccc2)cc1. The Hall–Kier alpha value is -3.40. The Balaban J connectivity index is 1.75. The van der Waals surface area contributed by atoms with Crippen LogP contribution < -0.4 is 15.7 Å². The molecule has 4 aromatic carbocycles. The van der Waals surface area contributed by atoms with Crippen molar-refractivity contribution < 1.29 is 18.1 Å². The number of benzene rings is 4. The second-order valence-electron chi connectivity index (χ2n) is 8.78. The number of ketones is 1. The molecule has 4 rings (SSSR count). The highest BCUT2D eigenvalue weighted by Gasteiger charge is 2.50. The predicted octanol–water partition coefficient (Wildman–Crippen LogP) is 6.39. The summed E-state index contributed by atoms with van der Waals surface area (Å²) in [6.45, 7) is 1.86. The van der Waals surface area contributed by atoms with Crippen molar-refractivity contribution in [1.82, 2.24) is 5.09 Å². The molecule has 0 aromatic heterocycles. The Bertz CT molecular complexity index is 1280. The van der Waals surface area contributed by atoms with Crippen molar-refractivity contribution in [2.75, 3.05) is 0 Å². The first-order valence-electron chi connectivity index (χ1n) is 11.8. The topological polar surface area (TPSA) is 46.2 Å². The van der Waals surface area contributed by atoms with Crippen molar-refractivity contribution in [3.63, 3.8) is 0 Å². The summed E-state index contributed by atoms with van der Waals surface area (Å²) in [5.74, 6) is -5.00. The second kappa shape index (κ2) is 11.1. The first-order chi connectivity index (χ1) is 17.3. The minimum atomic E-state index is -3.80. The van der Waals surface area contributed by atoms with Gasteiger partial charge in [0, 0.05) is 17.0 Å². The maximum atomic E-state index is 16.0. The van der Waals surface area contributed by atoms with Crippen LogP contribution in [0.15, 0.2) is 115 Å². The first kappa shape index (κ1) is 25.7. The maximum Gasteiger partial charge on any atom is 0.324 e. The highest BCUT2D eigenvalue weighted by atomic mass is 31.2. The predicted molar refractivity (Wildman–Crippen MR) is 142 cm³/mol. The second-order valence-corrected chi connectivity index (χ2v) is 11.3. The Morgan fingerprint density at radius 1 is 0.778 bits per heavy atom. The van der Waals surface area contributed by atoms with Gasteiger partial charge in [-0.1, -0.05) is 96.6 Å². The van der Waals surface area contributed by atoms with Gasteiger partial charge in [-0.2, -0.15) is 8.78 Å². The van der Waals surface area contributed by atoms with Crippen LogP contribution in [-0.4, -0.2) is 11.7 Å². The van der Waals surface area contributed by atoms with Crippen molar-refractivity contribution in [1.29, 1.82) is 0 Å². The lowest BCUT2D eigenvalue weighted by Crippen LogP contribution is -2.45. The van der Waals surface area contributed by atoms with Gasteiger partial charge in [0.15, 0.2) is 0 Å². The van der Waals surface area contributed by atoms with E-state index in [4.69, 9.17) is 0 Å². The summed E-state index contributed by atoms with van der Waals surface area (Å²) in [4.78, 5) is 13.0. The molecule has 4 aromatic rings. The van der Waals surface area contributed by atoms with Crippen molar-refractivity contribution in [2.45, 2.75) is 31.7 Å². The molecule has 3 nitrogen and oxygen atoms in total. The Morgan fingerprint density at radius 3 is 1.75 bits per heavy atom. The largest absolute Gasteiger partial charge is 0.324 e. The van der Waals surface area contributed by atoms with E-state index in [0.29, 0.717) is 10.6 Å². The molecule has 0 radical (unpaired) electrons. The molecule has 0 bridgehead atoms. The quantitative estimate of drug-likeness (QED) is 0.255. The number of carbonyl (C=O) groups is 1. The van der Waals surface area contributed by atoms with Gasteiger partial charge in [-0.3, -0.25) is 9.36 Å². The molecule has 1 atom stereocenters. The molecular formula is C30H28F2NO2P. The average molecular weight is 504 g/mol. The van der Waals surface area contributed by atoms with Crippen molar-refractivity contribution in [2.24, 2.45) is 0 Å². The van der Waals surface area contributed by atoms with Gasteiger partial charge in [-0.05, 0) is 48.7 Å². The molecule has 6 heteroatoms. The van der Waals surface area contributed by atoms with E-state index in [2.05, 4.69) is 5.09 Å². The van der Waals surface area contributed by atoms with Crippen LogP contribution in [0, 0.1) is 6.92 Å². The maximum absolute atomic E-state index is 16.0. The van der Waals surface area contributed by atoms with E-state index in [-0.39, 0.29) is 18.4 Å². The van der Waals surface area contributed by atoms with E-state index in [1.54, 1.807) is 97.1 Å². The highest BCUT2D eigenvalue weighted by Crippen LogP contribution is 2.46. The van der Waals surface area contributed by atoms with Crippen molar-refractivity contribution in [3.8, 4) is 0 Å². The van der Waals surface area contributed by atoms with Crippen LogP contribution in [-0.2, 0) is 15.8 Å². The van der Waals surface area contributed by atoms with Crippen LogP contribution in [0.3, 0.4) is 0 Å². The minimum absolute atomic E-state index is 0.199. The number of carbonyl (C=O) groups excluding carboxylic acids is 1. The number of halogens is 2. The molecule has 184 valence electrons. The van der Waals surface area contributed by atoms with E-state index in [1.807, 2.05) is 25.1 Å². The van der Waals surface area contributed by atoms with Crippen molar-refractivity contribution >= 4 is 23.7 Å². The molecule has 0 aliphatic rings. The Morgan fingerprint density at radius 2 is 1.25 bits per heavy atom. The lowest BCUT2D eigenvalue weighted by atomic mass is 9.94. The van der Waals surface area contributed by atoms with Crippen LogP contribution >= 0.6 is 7.29 Å². The Kier molecular flexibility index (Phi) is 7.93. The molecule has 0 aliphatic heterocycles. The van der Waals surface area contributed by atoms with Crippen LogP contribution in [0.4, 0.5) is 8.78 Å². The van der Waals surface area contributed by atoms with E-state index in [1.165, 1.54) is 0 Å². The zero-order valence-corrected chi connectivity index (χ0v) is 20.9. The lowest BCUT2D eigenvalue weighted by molar-refractivity contribution is -0.147. The van der Waals surface area contributed by atoms with Gasteiger partial charge in [0.25, 0.3) is 0 Å². The molecule has 0 amide bonds. The Labute approximate surface area is 210 Å². The number of hydrogen-bond donors (Lipinski definition) is 1.